The molecule has 1 saturated carbocycles. The van der Waals surface area contributed by atoms with Gasteiger partial charge in [0.25, 0.3) is 5.91 Å². The van der Waals surface area contributed by atoms with Crippen LogP contribution in [0.4, 0.5) is 13.2 Å². The number of hydrogen-bond donors (Lipinski definition) is 1. The summed E-state index contributed by atoms with van der Waals surface area (Å²) in [7, 11) is 0. The van der Waals surface area contributed by atoms with Crippen molar-refractivity contribution in [3.8, 4) is 0 Å². The zero-order valence-electron chi connectivity index (χ0n) is 12.4. The van der Waals surface area contributed by atoms with Crippen molar-refractivity contribution in [3.63, 3.8) is 0 Å². The summed E-state index contributed by atoms with van der Waals surface area (Å²) in [5.41, 5.74) is -1.65. The highest BCUT2D eigenvalue weighted by Gasteiger charge is 2.38. The minimum absolute atomic E-state index is 0.145. The van der Waals surface area contributed by atoms with E-state index >= 15 is 0 Å². The zero-order valence-corrected chi connectivity index (χ0v) is 13.1. The van der Waals surface area contributed by atoms with Gasteiger partial charge < -0.3 is 5.32 Å². The molecule has 1 amide bonds. The van der Waals surface area contributed by atoms with Crippen LogP contribution in [-0.2, 0) is 6.18 Å². The Kier molecular flexibility index (Phi) is 5.00. The maximum Gasteiger partial charge on any atom is 0.417 e. The lowest BCUT2D eigenvalue weighted by atomic mass is 9.78. The molecule has 0 radical (unpaired) electrons. The number of alkyl halides is 3. The van der Waals surface area contributed by atoms with Gasteiger partial charge in [-0.3, -0.25) is 4.79 Å². The molecule has 1 heterocycles. The van der Waals surface area contributed by atoms with E-state index in [4.69, 9.17) is 11.6 Å². The third-order valence-electron chi connectivity index (χ3n) is 4.46. The minimum Gasteiger partial charge on any atom is -0.349 e. The van der Waals surface area contributed by atoms with E-state index in [1.54, 1.807) is 0 Å². The summed E-state index contributed by atoms with van der Waals surface area (Å²) >= 11 is 5.74. The van der Waals surface area contributed by atoms with Crippen molar-refractivity contribution in [1.29, 1.82) is 0 Å². The fraction of sp³-hybridized carbons (Fsp3) is 0.600. The van der Waals surface area contributed by atoms with Crippen LogP contribution >= 0.6 is 11.6 Å². The quantitative estimate of drug-likeness (QED) is 0.819. The Morgan fingerprint density at radius 3 is 2.68 bits per heavy atom. The van der Waals surface area contributed by atoms with Gasteiger partial charge in [-0.15, -0.1) is 0 Å². The van der Waals surface area contributed by atoms with Crippen molar-refractivity contribution < 1.29 is 18.0 Å². The Labute approximate surface area is 132 Å². The van der Waals surface area contributed by atoms with Gasteiger partial charge in [0, 0.05) is 12.2 Å². The maximum atomic E-state index is 13.0. The number of pyridine rings is 1. The zero-order chi connectivity index (χ0) is 16.5. The number of carbonyl (C=O) groups is 1. The van der Waals surface area contributed by atoms with Crippen LogP contribution in [0.1, 0.15) is 49.0 Å². The van der Waals surface area contributed by atoms with Crippen LogP contribution in [0.15, 0.2) is 12.3 Å². The second-order valence-corrected chi connectivity index (χ2v) is 6.23. The van der Waals surface area contributed by atoms with Crippen LogP contribution in [0.25, 0.3) is 0 Å². The van der Waals surface area contributed by atoms with Crippen LogP contribution in [0.2, 0.25) is 5.15 Å². The van der Waals surface area contributed by atoms with Gasteiger partial charge in [0.15, 0.2) is 0 Å². The van der Waals surface area contributed by atoms with Gasteiger partial charge in [0.2, 0.25) is 0 Å². The molecular formula is C15H18ClF3N2O. The van der Waals surface area contributed by atoms with Crippen molar-refractivity contribution in [2.45, 2.75) is 45.3 Å². The summed E-state index contributed by atoms with van der Waals surface area (Å²) in [6.07, 6.45) is -0.924. The predicted molar refractivity (Wildman–Crippen MR) is 77.7 cm³/mol. The summed E-state index contributed by atoms with van der Waals surface area (Å²) in [6.45, 7) is 4.09. The fourth-order valence-corrected chi connectivity index (χ4v) is 3.16. The lowest BCUT2D eigenvalue weighted by molar-refractivity contribution is -0.138. The third-order valence-corrected chi connectivity index (χ3v) is 4.75. The van der Waals surface area contributed by atoms with Crippen LogP contribution in [0, 0.1) is 11.8 Å². The first-order chi connectivity index (χ1) is 10.2. The molecule has 22 heavy (non-hydrogen) atoms. The normalized spacial score (nSPS) is 25.8. The van der Waals surface area contributed by atoms with E-state index in [0.717, 1.165) is 31.5 Å². The first-order valence-corrected chi connectivity index (χ1v) is 7.62. The minimum atomic E-state index is -4.65. The van der Waals surface area contributed by atoms with Gasteiger partial charge in [0.05, 0.1) is 11.1 Å². The molecule has 1 fully saturated rings. The molecule has 2 rings (SSSR count). The molecule has 0 spiro atoms. The van der Waals surface area contributed by atoms with Gasteiger partial charge in [-0.25, -0.2) is 4.98 Å². The number of amides is 1. The topological polar surface area (TPSA) is 42.0 Å². The van der Waals surface area contributed by atoms with Crippen LogP contribution in [0.3, 0.4) is 0 Å². The van der Waals surface area contributed by atoms with Gasteiger partial charge in [-0.2, -0.15) is 13.2 Å². The monoisotopic (exact) mass is 334 g/mol. The average molecular weight is 335 g/mol. The molecule has 1 aromatic rings. The molecule has 1 N–H and O–H groups in total. The number of carbonyl (C=O) groups excluding carboxylic acids is 1. The Balaban J connectivity index is 2.27. The van der Waals surface area contributed by atoms with Crippen LogP contribution in [-0.4, -0.2) is 16.9 Å². The Morgan fingerprint density at radius 2 is 2.05 bits per heavy atom. The predicted octanol–water partition coefficient (Wildman–Crippen LogP) is 4.31. The lowest BCUT2D eigenvalue weighted by Gasteiger charge is -2.34. The van der Waals surface area contributed by atoms with Gasteiger partial charge >= 0.3 is 6.18 Å². The molecule has 7 heteroatoms. The summed E-state index contributed by atoms with van der Waals surface area (Å²) in [4.78, 5) is 15.9. The first-order valence-electron chi connectivity index (χ1n) is 7.24. The van der Waals surface area contributed by atoms with E-state index in [2.05, 4.69) is 17.2 Å². The highest BCUT2D eigenvalue weighted by molar-refractivity contribution is 6.32. The molecule has 0 bridgehead atoms. The molecule has 3 atom stereocenters. The van der Waals surface area contributed by atoms with Gasteiger partial charge in [-0.1, -0.05) is 38.3 Å². The smallest absolute Gasteiger partial charge is 0.349 e. The SMILES string of the molecule is CC1CCCC(NC(=O)c2c(C(F)(F)F)ccnc2Cl)C1C. The second-order valence-electron chi connectivity index (χ2n) is 5.87. The third kappa shape index (κ3) is 3.54. The number of nitrogens with zero attached hydrogens (tertiary/aromatic N) is 1. The Morgan fingerprint density at radius 1 is 1.36 bits per heavy atom. The number of nitrogens with one attached hydrogen (secondary N) is 1. The molecule has 1 aromatic heterocycles. The number of hydrogen-bond acceptors (Lipinski definition) is 2. The summed E-state index contributed by atoms with van der Waals surface area (Å²) in [5.74, 6) is -0.177. The van der Waals surface area contributed by atoms with E-state index in [1.165, 1.54) is 0 Å². The van der Waals surface area contributed by atoms with E-state index in [1.807, 2.05) is 6.92 Å². The summed E-state index contributed by atoms with van der Waals surface area (Å²) < 4.78 is 39.1. The highest BCUT2D eigenvalue weighted by Crippen LogP contribution is 2.35. The van der Waals surface area contributed by atoms with Crippen LogP contribution < -0.4 is 5.32 Å². The number of aromatic nitrogens is 1. The molecule has 1 aliphatic carbocycles. The van der Waals surface area contributed by atoms with E-state index in [9.17, 15) is 18.0 Å². The first kappa shape index (κ1) is 17.1. The lowest BCUT2D eigenvalue weighted by Crippen LogP contribution is -2.44. The molecule has 122 valence electrons. The summed E-state index contributed by atoms with van der Waals surface area (Å²) in [6, 6.07) is 0.627. The molecule has 3 unspecified atom stereocenters. The maximum absolute atomic E-state index is 13.0. The molecule has 1 aliphatic rings. The van der Waals surface area contributed by atoms with Gasteiger partial charge in [-0.05, 0) is 24.3 Å². The second kappa shape index (κ2) is 6.44. The van der Waals surface area contributed by atoms with Crippen LogP contribution in [0.5, 0.6) is 0 Å². The van der Waals surface area contributed by atoms with Gasteiger partial charge in [0.1, 0.15) is 5.15 Å². The van der Waals surface area contributed by atoms with Crippen molar-refractivity contribution in [1.82, 2.24) is 10.3 Å². The molecule has 0 aliphatic heterocycles. The standard InChI is InChI=1S/C15H18ClF3N2O/c1-8-4-3-5-11(9(8)2)21-14(22)12-10(15(17,18)19)6-7-20-13(12)16/h6-9,11H,3-5H2,1-2H3,(H,21,22). The van der Waals surface area contributed by atoms with Crippen molar-refractivity contribution in [2.75, 3.05) is 0 Å². The molecule has 0 aromatic carbocycles. The summed E-state index contributed by atoms with van der Waals surface area (Å²) in [5, 5.41) is 2.28. The Bertz CT molecular complexity index is 562. The van der Waals surface area contributed by atoms with Crippen molar-refractivity contribution in [3.05, 3.63) is 28.5 Å². The van der Waals surface area contributed by atoms with E-state index in [0.29, 0.717) is 5.92 Å². The number of halogens is 4. The van der Waals surface area contributed by atoms with Crippen molar-refractivity contribution >= 4 is 17.5 Å². The largest absolute Gasteiger partial charge is 0.417 e. The van der Waals surface area contributed by atoms with E-state index in [-0.39, 0.29) is 12.0 Å². The molecule has 3 nitrogen and oxygen atoms in total. The Hall–Kier alpha value is -1.30. The molecule has 0 saturated heterocycles. The number of rotatable bonds is 2. The highest BCUT2D eigenvalue weighted by atomic mass is 35.5. The molecular weight excluding hydrogens is 317 g/mol. The van der Waals surface area contributed by atoms with E-state index < -0.39 is 28.4 Å². The fourth-order valence-electron chi connectivity index (χ4n) is 2.91. The average Bonchev–Trinajstić information content (AvgIpc) is 2.42. The van der Waals surface area contributed by atoms with Crippen molar-refractivity contribution in [2.24, 2.45) is 11.8 Å².